The van der Waals surface area contributed by atoms with E-state index in [4.69, 9.17) is 0 Å². The fourth-order valence-electron chi connectivity index (χ4n) is 1.40. The maximum absolute atomic E-state index is 10.9. The number of nitro benzene ring substituents is 1. The van der Waals surface area contributed by atoms with E-state index in [1.54, 1.807) is 24.3 Å². The first kappa shape index (κ1) is 12.3. The van der Waals surface area contributed by atoms with Crippen LogP contribution in [0.3, 0.4) is 0 Å². The molecule has 0 saturated heterocycles. The summed E-state index contributed by atoms with van der Waals surface area (Å²) in [7, 11) is 0. The smallest absolute Gasteiger partial charge is 0.287 e. The van der Waals surface area contributed by atoms with E-state index in [9.17, 15) is 20.3 Å². The van der Waals surface area contributed by atoms with Crippen LogP contribution in [0.5, 0.6) is 11.5 Å². The van der Waals surface area contributed by atoms with Crippen LogP contribution in [0.2, 0.25) is 0 Å². The minimum atomic E-state index is -0.593. The summed E-state index contributed by atoms with van der Waals surface area (Å²) in [5.41, 5.74) is -0.237. The topological polar surface area (TPSA) is 83.6 Å². The van der Waals surface area contributed by atoms with E-state index >= 15 is 0 Å². The first-order valence-corrected chi connectivity index (χ1v) is 5.83. The highest BCUT2D eigenvalue weighted by Gasteiger charge is 2.21. The second kappa shape index (κ2) is 4.97. The molecule has 0 heterocycles. The molecule has 0 aromatic heterocycles. The summed E-state index contributed by atoms with van der Waals surface area (Å²) in [6.07, 6.45) is 0. The van der Waals surface area contributed by atoms with Crippen molar-refractivity contribution in [2.45, 2.75) is 9.79 Å². The number of phenolic OH excluding ortho intramolecular Hbond substituents is 2. The largest absolute Gasteiger partial charge is 0.504 e. The molecule has 0 aliphatic rings. The quantitative estimate of drug-likeness (QED) is 0.505. The van der Waals surface area contributed by atoms with Gasteiger partial charge in [0.05, 0.1) is 4.92 Å². The molecule has 0 aliphatic carbocycles. The van der Waals surface area contributed by atoms with Crippen molar-refractivity contribution in [3.05, 3.63) is 52.6 Å². The maximum atomic E-state index is 10.9. The summed E-state index contributed by atoms with van der Waals surface area (Å²) < 4.78 is 0. The number of hydrogen-bond donors (Lipinski definition) is 2. The number of nitro groups is 1. The monoisotopic (exact) mass is 263 g/mol. The van der Waals surface area contributed by atoms with Crippen LogP contribution in [0.4, 0.5) is 5.69 Å². The summed E-state index contributed by atoms with van der Waals surface area (Å²) in [5, 5.41) is 30.0. The first-order chi connectivity index (χ1) is 8.59. The predicted molar refractivity (Wildman–Crippen MR) is 67.0 cm³/mol. The molecule has 0 radical (unpaired) electrons. The molecule has 0 amide bonds. The third-order valence-electron chi connectivity index (χ3n) is 2.25. The van der Waals surface area contributed by atoms with E-state index in [1.807, 2.05) is 6.07 Å². The second-order valence-corrected chi connectivity index (χ2v) is 4.54. The molecular weight excluding hydrogens is 254 g/mol. The molecule has 0 atom stereocenters. The van der Waals surface area contributed by atoms with Crippen molar-refractivity contribution in [3.8, 4) is 11.5 Å². The minimum absolute atomic E-state index is 0.0335. The molecule has 2 rings (SSSR count). The van der Waals surface area contributed by atoms with Gasteiger partial charge in [-0.25, -0.2) is 0 Å². The summed E-state index contributed by atoms with van der Waals surface area (Å²) >= 11 is 1.03. The number of benzene rings is 2. The fraction of sp³-hybridized carbons (Fsp3) is 0. The number of aromatic hydroxyl groups is 2. The standard InChI is InChI=1S/C12H9NO4S/c14-10-7-6-9(13(16)17)12(11(10)15)18-8-4-2-1-3-5-8/h1-7,14-15H. The molecular formula is C12H9NO4S. The van der Waals surface area contributed by atoms with Crippen molar-refractivity contribution in [3.63, 3.8) is 0 Å². The van der Waals surface area contributed by atoms with E-state index in [0.29, 0.717) is 0 Å². The Morgan fingerprint density at radius 1 is 1.06 bits per heavy atom. The first-order valence-electron chi connectivity index (χ1n) is 5.02. The zero-order valence-corrected chi connectivity index (χ0v) is 9.92. The third kappa shape index (κ3) is 2.38. The van der Waals surface area contributed by atoms with Crippen LogP contribution in [-0.2, 0) is 0 Å². The molecule has 0 bridgehead atoms. The average Bonchev–Trinajstić information content (AvgIpc) is 2.36. The molecule has 0 aliphatic heterocycles. The van der Waals surface area contributed by atoms with E-state index in [2.05, 4.69) is 0 Å². The van der Waals surface area contributed by atoms with Crippen molar-refractivity contribution in [2.24, 2.45) is 0 Å². The van der Waals surface area contributed by atoms with Gasteiger partial charge >= 0.3 is 0 Å². The summed E-state index contributed by atoms with van der Waals surface area (Å²) in [6, 6.07) is 11.2. The molecule has 2 aromatic rings. The van der Waals surface area contributed by atoms with Gasteiger partial charge < -0.3 is 10.2 Å². The van der Waals surface area contributed by atoms with E-state index in [0.717, 1.165) is 22.7 Å². The van der Waals surface area contributed by atoms with Gasteiger partial charge in [0, 0.05) is 11.0 Å². The predicted octanol–water partition coefficient (Wildman–Crippen LogP) is 3.16. The Labute approximate surface area is 107 Å². The van der Waals surface area contributed by atoms with E-state index in [1.165, 1.54) is 6.07 Å². The highest BCUT2D eigenvalue weighted by molar-refractivity contribution is 7.99. The van der Waals surface area contributed by atoms with Crippen LogP contribution in [0, 0.1) is 10.1 Å². The molecule has 0 fully saturated rings. The normalized spacial score (nSPS) is 10.2. The molecule has 92 valence electrons. The number of hydrogen-bond acceptors (Lipinski definition) is 5. The molecule has 2 aromatic carbocycles. The second-order valence-electron chi connectivity index (χ2n) is 3.45. The van der Waals surface area contributed by atoms with Crippen LogP contribution in [0.1, 0.15) is 0 Å². The van der Waals surface area contributed by atoms with Gasteiger partial charge in [-0.15, -0.1) is 0 Å². The van der Waals surface area contributed by atoms with Crippen LogP contribution < -0.4 is 0 Å². The maximum Gasteiger partial charge on any atom is 0.287 e. The Morgan fingerprint density at radius 3 is 2.33 bits per heavy atom. The van der Waals surface area contributed by atoms with Crippen molar-refractivity contribution in [2.75, 3.05) is 0 Å². The van der Waals surface area contributed by atoms with Gasteiger partial charge in [-0.05, 0) is 18.2 Å². The number of nitrogens with zero attached hydrogens (tertiary/aromatic N) is 1. The van der Waals surface area contributed by atoms with Gasteiger partial charge in [-0.2, -0.15) is 0 Å². The lowest BCUT2D eigenvalue weighted by atomic mass is 10.3. The Morgan fingerprint density at radius 2 is 1.72 bits per heavy atom. The summed E-state index contributed by atoms with van der Waals surface area (Å²) in [5.74, 6) is -0.850. The lowest BCUT2D eigenvalue weighted by Gasteiger charge is -2.06. The van der Waals surface area contributed by atoms with Gasteiger partial charge in [0.15, 0.2) is 11.5 Å². The summed E-state index contributed by atoms with van der Waals surface area (Å²) in [6.45, 7) is 0. The van der Waals surface area contributed by atoms with Crippen LogP contribution in [0.15, 0.2) is 52.3 Å². The van der Waals surface area contributed by atoms with E-state index < -0.39 is 10.7 Å². The molecule has 6 heteroatoms. The third-order valence-corrected chi connectivity index (χ3v) is 3.36. The minimum Gasteiger partial charge on any atom is -0.504 e. The number of phenols is 2. The lowest BCUT2D eigenvalue weighted by molar-refractivity contribution is -0.387. The highest BCUT2D eigenvalue weighted by atomic mass is 32.2. The van der Waals surface area contributed by atoms with Crippen molar-refractivity contribution in [1.29, 1.82) is 0 Å². The van der Waals surface area contributed by atoms with Crippen LogP contribution >= 0.6 is 11.8 Å². The van der Waals surface area contributed by atoms with Gasteiger partial charge in [0.25, 0.3) is 5.69 Å². The van der Waals surface area contributed by atoms with Crippen LogP contribution in [-0.4, -0.2) is 15.1 Å². The SMILES string of the molecule is O=[N+]([O-])c1ccc(O)c(O)c1Sc1ccccc1. The van der Waals surface area contributed by atoms with Crippen molar-refractivity contribution < 1.29 is 15.1 Å². The molecule has 0 saturated carbocycles. The Balaban J connectivity index is 2.48. The zero-order valence-electron chi connectivity index (χ0n) is 9.11. The Kier molecular flexibility index (Phi) is 3.38. The lowest BCUT2D eigenvalue weighted by Crippen LogP contribution is -1.91. The Bertz CT molecular complexity index is 586. The van der Waals surface area contributed by atoms with Crippen molar-refractivity contribution in [1.82, 2.24) is 0 Å². The highest BCUT2D eigenvalue weighted by Crippen LogP contribution is 2.45. The molecule has 18 heavy (non-hydrogen) atoms. The van der Waals surface area contributed by atoms with Gasteiger partial charge in [0.1, 0.15) is 4.90 Å². The molecule has 2 N–H and O–H groups in total. The zero-order chi connectivity index (χ0) is 13.1. The van der Waals surface area contributed by atoms with Gasteiger partial charge in [0.2, 0.25) is 0 Å². The number of rotatable bonds is 3. The fourth-order valence-corrected chi connectivity index (χ4v) is 2.38. The van der Waals surface area contributed by atoms with E-state index in [-0.39, 0.29) is 16.3 Å². The van der Waals surface area contributed by atoms with Gasteiger partial charge in [-0.3, -0.25) is 10.1 Å². The summed E-state index contributed by atoms with van der Waals surface area (Å²) in [4.78, 5) is 11.1. The van der Waals surface area contributed by atoms with Crippen molar-refractivity contribution >= 4 is 17.4 Å². The Hall–Kier alpha value is -2.21. The molecule has 0 unspecified atom stereocenters. The molecule has 0 spiro atoms. The molecule has 5 nitrogen and oxygen atoms in total. The van der Waals surface area contributed by atoms with Gasteiger partial charge in [-0.1, -0.05) is 30.0 Å². The van der Waals surface area contributed by atoms with Crippen LogP contribution in [0.25, 0.3) is 0 Å². The average molecular weight is 263 g/mol.